The van der Waals surface area contributed by atoms with E-state index in [0.717, 1.165) is 43.3 Å². The first-order chi connectivity index (χ1) is 10.3. The van der Waals surface area contributed by atoms with Crippen molar-refractivity contribution in [3.63, 3.8) is 0 Å². The molecule has 21 heavy (non-hydrogen) atoms. The first-order valence-electron chi connectivity index (χ1n) is 7.43. The summed E-state index contributed by atoms with van der Waals surface area (Å²) in [7, 11) is 0. The molecule has 2 aromatic rings. The molecule has 1 N–H and O–H groups in total. The Kier molecular flexibility index (Phi) is 4.47. The average Bonchev–Trinajstić information content (AvgIpc) is 2.48. The molecule has 1 aliphatic heterocycles. The Morgan fingerprint density at radius 2 is 1.71 bits per heavy atom. The van der Waals surface area contributed by atoms with Crippen molar-refractivity contribution in [2.75, 3.05) is 19.7 Å². The zero-order valence-corrected chi connectivity index (χ0v) is 12.8. The fraction of sp³-hybridized carbons (Fsp3) is 0.333. The molecule has 0 radical (unpaired) electrons. The van der Waals surface area contributed by atoms with Gasteiger partial charge in [-0.25, -0.2) is 0 Å². The quantitative estimate of drug-likeness (QED) is 0.813. The van der Waals surface area contributed by atoms with Gasteiger partial charge < -0.3 is 10.1 Å². The van der Waals surface area contributed by atoms with Crippen molar-refractivity contribution in [3.8, 4) is 5.75 Å². The molecule has 1 fully saturated rings. The third-order valence-electron chi connectivity index (χ3n) is 4.19. The Bertz CT molecular complexity index is 564. The summed E-state index contributed by atoms with van der Waals surface area (Å²) < 4.78 is 5.78. The van der Waals surface area contributed by atoms with Gasteiger partial charge in [-0.1, -0.05) is 41.9 Å². The van der Waals surface area contributed by atoms with Crippen LogP contribution < -0.4 is 10.1 Å². The zero-order chi connectivity index (χ0) is 14.5. The normalized spacial score (nSPS) is 16.2. The minimum Gasteiger partial charge on any atom is -0.494 e. The summed E-state index contributed by atoms with van der Waals surface area (Å²) in [6.07, 6.45) is 2.19. The summed E-state index contributed by atoms with van der Waals surface area (Å²) >= 11 is 5.98. The van der Waals surface area contributed by atoms with E-state index in [4.69, 9.17) is 16.3 Å². The summed E-state index contributed by atoms with van der Waals surface area (Å²) in [5, 5.41) is 4.20. The number of hydrogen-bond acceptors (Lipinski definition) is 2. The Hall–Kier alpha value is -1.51. The highest BCUT2D eigenvalue weighted by molar-refractivity contribution is 6.30. The van der Waals surface area contributed by atoms with Crippen LogP contribution in [0.3, 0.4) is 0 Å². The fourth-order valence-corrected chi connectivity index (χ4v) is 3.00. The van der Waals surface area contributed by atoms with Crippen LogP contribution in [-0.2, 0) is 5.41 Å². The van der Waals surface area contributed by atoms with Crippen LogP contribution in [-0.4, -0.2) is 19.7 Å². The highest BCUT2D eigenvalue weighted by Gasteiger charge is 2.37. The van der Waals surface area contributed by atoms with Crippen LogP contribution in [0.2, 0.25) is 5.02 Å². The van der Waals surface area contributed by atoms with Gasteiger partial charge in [0.15, 0.2) is 0 Å². The van der Waals surface area contributed by atoms with Gasteiger partial charge >= 0.3 is 0 Å². The molecule has 0 amide bonds. The largest absolute Gasteiger partial charge is 0.494 e. The summed E-state index contributed by atoms with van der Waals surface area (Å²) in [5.74, 6) is 0.949. The first kappa shape index (κ1) is 14.4. The van der Waals surface area contributed by atoms with Crippen molar-refractivity contribution < 1.29 is 4.74 Å². The Labute approximate surface area is 131 Å². The van der Waals surface area contributed by atoms with Gasteiger partial charge in [0, 0.05) is 23.5 Å². The molecule has 110 valence electrons. The minimum absolute atomic E-state index is 0.255. The SMILES string of the molecule is Clc1ccc(C2(CCCOc3ccccc3)CNC2)cc1. The summed E-state index contributed by atoms with van der Waals surface area (Å²) in [6, 6.07) is 18.3. The molecule has 2 nitrogen and oxygen atoms in total. The second-order valence-electron chi connectivity index (χ2n) is 5.66. The van der Waals surface area contributed by atoms with Gasteiger partial charge in [0.05, 0.1) is 6.61 Å². The molecule has 0 bridgehead atoms. The number of benzene rings is 2. The van der Waals surface area contributed by atoms with E-state index in [9.17, 15) is 0 Å². The van der Waals surface area contributed by atoms with E-state index in [1.165, 1.54) is 5.56 Å². The third kappa shape index (κ3) is 3.39. The predicted molar refractivity (Wildman–Crippen MR) is 87.2 cm³/mol. The second kappa shape index (κ2) is 6.50. The molecule has 1 heterocycles. The van der Waals surface area contributed by atoms with Gasteiger partial charge in [-0.3, -0.25) is 0 Å². The molecule has 1 saturated heterocycles. The Morgan fingerprint density at radius 3 is 2.33 bits per heavy atom. The summed E-state index contributed by atoms with van der Waals surface area (Å²) in [6.45, 7) is 2.85. The van der Waals surface area contributed by atoms with Crippen molar-refractivity contribution in [3.05, 3.63) is 65.2 Å². The number of hydrogen-bond donors (Lipinski definition) is 1. The minimum atomic E-state index is 0.255. The monoisotopic (exact) mass is 301 g/mol. The van der Waals surface area contributed by atoms with E-state index < -0.39 is 0 Å². The van der Waals surface area contributed by atoms with E-state index in [0.29, 0.717) is 0 Å². The van der Waals surface area contributed by atoms with Gasteiger partial charge in [0.25, 0.3) is 0 Å². The van der Waals surface area contributed by atoms with Crippen LogP contribution in [0.1, 0.15) is 18.4 Å². The van der Waals surface area contributed by atoms with Crippen LogP contribution in [0.25, 0.3) is 0 Å². The molecule has 3 heteroatoms. The average molecular weight is 302 g/mol. The van der Waals surface area contributed by atoms with Gasteiger partial charge in [-0.2, -0.15) is 0 Å². The number of ether oxygens (including phenoxy) is 1. The molecule has 1 aliphatic rings. The lowest BCUT2D eigenvalue weighted by Gasteiger charge is -2.43. The molecule has 0 aromatic heterocycles. The Morgan fingerprint density at radius 1 is 1.00 bits per heavy atom. The zero-order valence-electron chi connectivity index (χ0n) is 12.0. The molecule has 2 aromatic carbocycles. The van der Waals surface area contributed by atoms with Crippen LogP contribution in [0, 0.1) is 0 Å². The van der Waals surface area contributed by atoms with Crippen LogP contribution in [0.15, 0.2) is 54.6 Å². The molecule has 0 saturated carbocycles. The van der Waals surface area contributed by atoms with Crippen LogP contribution in [0.5, 0.6) is 5.75 Å². The van der Waals surface area contributed by atoms with E-state index >= 15 is 0 Å². The Balaban J connectivity index is 1.54. The molecule has 0 spiro atoms. The second-order valence-corrected chi connectivity index (χ2v) is 6.09. The van der Waals surface area contributed by atoms with E-state index in [2.05, 4.69) is 17.4 Å². The van der Waals surface area contributed by atoms with Gasteiger partial charge in [0.2, 0.25) is 0 Å². The standard InChI is InChI=1S/C18H20ClNO/c19-16-9-7-15(8-10-16)18(13-20-14-18)11-4-12-21-17-5-2-1-3-6-17/h1-3,5-10,20H,4,11-14H2. The van der Waals surface area contributed by atoms with Gasteiger partial charge in [-0.15, -0.1) is 0 Å². The number of halogens is 1. The van der Waals surface area contributed by atoms with Gasteiger partial charge in [0.1, 0.15) is 5.75 Å². The topological polar surface area (TPSA) is 21.3 Å². The highest BCUT2D eigenvalue weighted by Crippen LogP contribution is 2.34. The molecule has 0 unspecified atom stereocenters. The fourth-order valence-electron chi connectivity index (χ4n) is 2.87. The van der Waals surface area contributed by atoms with Gasteiger partial charge in [-0.05, 0) is 42.7 Å². The van der Waals surface area contributed by atoms with Crippen molar-refractivity contribution in [2.45, 2.75) is 18.3 Å². The maximum absolute atomic E-state index is 5.98. The third-order valence-corrected chi connectivity index (χ3v) is 4.45. The molecule has 0 atom stereocenters. The van der Waals surface area contributed by atoms with Crippen LogP contribution >= 0.6 is 11.6 Å². The van der Waals surface area contributed by atoms with E-state index in [-0.39, 0.29) is 5.41 Å². The number of nitrogens with one attached hydrogen (secondary N) is 1. The summed E-state index contributed by atoms with van der Waals surface area (Å²) in [5.41, 5.74) is 1.63. The smallest absolute Gasteiger partial charge is 0.119 e. The first-order valence-corrected chi connectivity index (χ1v) is 7.81. The van der Waals surface area contributed by atoms with Crippen molar-refractivity contribution in [2.24, 2.45) is 0 Å². The molecular formula is C18H20ClNO. The maximum Gasteiger partial charge on any atom is 0.119 e. The lowest BCUT2D eigenvalue weighted by Crippen LogP contribution is -2.56. The van der Waals surface area contributed by atoms with E-state index in [1.807, 2.05) is 42.5 Å². The molecular weight excluding hydrogens is 282 g/mol. The van der Waals surface area contributed by atoms with Crippen LogP contribution in [0.4, 0.5) is 0 Å². The molecule has 0 aliphatic carbocycles. The predicted octanol–water partition coefficient (Wildman–Crippen LogP) is 4.04. The summed E-state index contributed by atoms with van der Waals surface area (Å²) in [4.78, 5) is 0. The van der Waals surface area contributed by atoms with Crippen molar-refractivity contribution in [1.82, 2.24) is 5.32 Å². The lowest BCUT2D eigenvalue weighted by atomic mass is 9.72. The molecule has 3 rings (SSSR count). The van der Waals surface area contributed by atoms with Crippen molar-refractivity contribution in [1.29, 1.82) is 0 Å². The lowest BCUT2D eigenvalue weighted by molar-refractivity contribution is 0.223. The number of para-hydroxylation sites is 1. The van der Waals surface area contributed by atoms with Crippen molar-refractivity contribution >= 4 is 11.6 Å². The number of rotatable bonds is 6. The highest BCUT2D eigenvalue weighted by atomic mass is 35.5. The maximum atomic E-state index is 5.98. The van der Waals surface area contributed by atoms with E-state index in [1.54, 1.807) is 0 Å².